The molecule has 0 spiro atoms. The van der Waals surface area contributed by atoms with Gasteiger partial charge in [-0.25, -0.2) is 0 Å². The van der Waals surface area contributed by atoms with Crippen LogP contribution in [0.1, 0.15) is 12.8 Å². The molecule has 2 aliphatic rings. The molecule has 0 radical (unpaired) electrons. The minimum absolute atomic E-state index is 0.161. The second-order valence-electron chi connectivity index (χ2n) is 2.52. The number of hydrogen-bond acceptors (Lipinski definition) is 2. The van der Waals surface area contributed by atoms with Crippen LogP contribution in [0.4, 0.5) is 0 Å². The van der Waals surface area contributed by atoms with E-state index in [2.05, 4.69) is 0 Å². The van der Waals surface area contributed by atoms with Gasteiger partial charge in [-0.05, 0) is 12.3 Å². The summed E-state index contributed by atoms with van der Waals surface area (Å²) < 4.78 is 10.5. The van der Waals surface area contributed by atoms with E-state index >= 15 is 0 Å². The molecule has 2 heteroatoms. The van der Waals surface area contributed by atoms with Crippen LogP contribution in [0, 0.1) is 5.92 Å². The van der Waals surface area contributed by atoms with Gasteiger partial charge in [0, 0.05) is 6.42 Å². The molecule has 2 unspecified atom stereocenters. The zero-order valence-corrected chi connectivity index (χ0v) is 4.80. The fourth-order valence-corrected chi connectivity index (χ4v) is 1.34. The number of fused-ring (bicyclic) bond motifs is 2. The van der Waals surface area contributed by atoms with Gasteiger partial charge < -0.3 is 9.47 Å². The van der Waals surface area contributed by atoms with Crippen LogP contribution in [0.15, 0.2) is 0 Å². The summed E-state index contributed by atoms with van der Waals surface area (Å²) in [7, 11) is 0. The Morgan fingerprint density at radius 1 is 1.25 bits per heavy atom. The standard InChI is InChI=1S/C6H10O2/c1-2-7-6-3-5(1)4-8-6/h5-6H,1-4H2. The fraction of sp³-hybridized carbons (Fsp3) is 1.00. The van der Waals surface area contributed by atoms with E-state index in [1.807, 2.05) is 0 Å². The lowest BCUT2D eigenvalue weighted by molar-refractivity contribution is -0.111. The average molecular weight is 114 g/mol. The van der Waals surface area contributed by atoms with Crippen molar-refractivity contribution < 1.29 is 9.47 Å². The SMILES string of the molecule is C1CC2COC(C2)O1. The van der Waals surface area contributed by atoms with Crippen molar-refractivity contribution in [3.8, 4) is 0 Å². The number of ether oxygens (including phenoxy) is 2. The summed E-state index contributed by atoms with van der Waals surface area (Å²) >= 11 is 0. The predicted molar refractivity (Wildman–Crippen MR) is 28.4 cm³/mol. The van der Waals surface area contributed by atoms with Crippen LogP contribution >= 0.6 is 0 Å². The van der Waals surface area contributed by atoms with E-state index in [4.69, 9.17) is 9.47 Å². The second kappa shape index (κ2) is 1.71. The summed E-state index contributed by atoms with van der Waals surface area (Å²) in [6.07, 6.45) is 2.50. The first-order valence-electron chi connectivity index (χ1n) is 3.18. The van der Waals surface area contributed by atoms with Gasteiger partial charge in [0.25, 0.3) is 0 Å². The molecule has 2 heterocycles. The molecule has 0 aromatic carbocycles. The van der Waals surface area contributed by atoms with Gasteiger partial charge in [-0.1, -0.05) is 0 Å². The smallest absolute Gasteiger partial charge is 0.157 e. The summed E-state index contributed by atoms with van der Waals surface area (Å²) in [5.74, 6) is 0.814. The first kappa shape index (κ1) is 4.77. The van der Waals surface area contributed by atoms with E-state index in [9.17, 15) is 0 Å². The first-order chi connectivity index (χ1) is 3.95. The van der Waals surface area contributed by atoms with Crippen molar-refractivity contribution in [3.63, 3.8) is 0 Å². The van der Waals surface area contributed by atoms with Crippen molar-refractivity contribution >= 4 is 0 Å². The van der Waals surface area contributed by atoms with Gasteiger partial charge in [0.2, 0.25) is 0 Å². The first-order valence-corrected chi connectivity index (χ1v) is 3.18. The summed E-state index contributed by atoms with van der Waals surface area (Å²) in [4.78, 5) is 0. The highest BCUT2D eigenvalue weighted by atomic mass is 16.7. The maximum atomic E-state index is 5.25. The summed E-state index contributed by atoms with van der Waals surface area (Å²) in [6.45, 7) is 1.85. The van der Waals surface area contributed by atoms with Crippen molar-refractivity contribution in [2.75, 3.05) is 13.2 Å². The van der Waals surface area contributed by atoms with Crippen LogP contribution in [0.3, 0.4) is 0 Å². The maximum absolute atomic E-state index is 5.25. The van der Waals surface area contributed by atoms with Crippen LogP contribution < -0.4 is 0 Å². The summed E-state index contributed by atoms with van der Waals surface area (Å²) in [6, 6.07) is 0. The predicted octanol–water partition coefficient (Wildman–Crippen LogP) is 0.769. The van der Waals surface area contributed by atoms with Gasteiger partial charge in [0.05, 0.1) is 13.2 Å². The molecule has 0 amide bonds. The average Bonchev–Trinajstić information content (AvgIpc) is 2.12. The van der Waals surface area contributed by atoms with Crippen molar-refractivity contribution in [2.45, 2.75) is 19.1 Å². The molecule has 2 saturated heterocycles. The molecule has 0 aliphatic carbocycles. The Balaban J connectivity index is 2.03. The third-order valence-corrected chi connectivity index (χ3v) is 1.87. The molecule has 0 saturated carbocycles. The Kier molecular flexibility index (Phi) is 1.02. The normalized spacial score (nSPS) is 45.0. The Morgan fingerprint density at radius 2 is 2.25 bits per heavy atom. The Bertz CT molecular complexity index is 78.5. The Labute approximate surface area is 48.8 Å². The molecule has 0 aromatic rings. The molecule has 2 nitrogen and oxygen atoms in total. The van der Waals surface area contributed by atoms with E-state index in [0.717, 1.165) is 25.6 Å². The lowest BCUT2D eigenvalue weighted by atomic mass is 10.0. The van der Waals surface area contributed by atoms with Crippen LogP contribution in [0.5, 0.6) is 0 Å². The maximum Gasteiger partial charge on any atom is 0.157 e. The number of rotatable bonds is 0. The van der Waals surface area contributed by atoms with E-state index in [0.29, 0.717) is 0 Å². The highest BCUT2D eigenvalue weighted by molar-refractivity contribution is 4.71. The van der Waals surface area contributed by atoms with Gasteiger partial charge in [-0.15, -0.1) is 0 Å². The van der Waals surface area contributed by atoms with Crippen molar-refractivity contribution in [3.05, 3.63) is 0 Å². The third kappa shape index (κ3) is 0.644. The molecule has 2 atom stereocenters. The molecule has 2 bridgehead atoms. The molecule has 0 aromatic heterocycles. The minimum atomic E-state index is 0.161. The van der Waals surface area contributed by atoms with Gasteiger partial charge >= 0.3 is 0 Å². The molecular formula is C6H10O2. The van der Waals surface area contributed by atoms with Crippen LogP contribution in [0.2, 0.25) is 0 Å². The van der Waals surface area contributed by atoms with Crippen LogP contribution in [0.25, 0.3) is 0 Å². The number of hydrogen-bond donors (Lipinski definition) is 0. The quantitative estimate of drug-likeness (QED) is 0.463. The van der Waals surface area contributed by atoms with E-state index in [1.165, 1.54) is 6.42 Å². The second-order valence-corrected chi connectivity index (χ2v) is 2.52. The van der Waals surface area contributed by atoms with E-state index < -0.39 is 0 Å². The molecule has 46 valence electrons. The van der Waals surface area contributed by atoms with E-state index in [-0.39, 0.29) is 6.29 Å². The van der Waals surface area contributed by atoms with Crippen LogP contribution in [-0.4, -0.2) is 19.5 Å². The van der Waals surface area contributed by atoms with Crippen molar-refractivity contribution in [1.82, 2.24) is 0 Å². The highest BCUT2D eigenvalue weighted by Gasteiger charge is 2.29. The van der Waals surface area contributed by atoms with Gasteiger partial charge in [0.1, 0.15) is 0 Å². The lowest BCUT2D eigenvalue weighted by Gasteiger charge is -2.15. The Morgan fingerprint density at radius 3 is 3.00 bits per heavy atom. The van der Waals surface area contributed by atoms with Crippen molar-refractivity contribution in [2.24, 2.45) is 5.92 Å². The molecule has 2 aliphatic heterocycles. The summed E-state index contributed by atoms with van der Waals surface area (Å²) in [5, 5.41) is 0. The topological polar surface area (TPSA) is 18.5 Å². The molecule has 2 rings (SSSR count). The zero-order chi connectivity index (χ0) is 5.40. The Hall–Kier alpha value is -0.0800. The van der Waals surface area contributed by atoms with Gasteiger partial charge in [-0.2, -0.15) is 0 Å². The zero-order valence-electron chi connectivity index (χ0n) is 4.80. The van der Waals surface area contributed by atoms with Gasteiger partial charge in [-0.3, -0.25) is 0 Å². The highest BCUT2D eigenvalue weighted by Crippen LogP contribution is 2.27. The molecule has 8 heavy (non-hydrogen) atoms. The summed E-state index contributed by atoms with van der Waals surface area (Å²) in [5.41, 5.74) is 0. The monoisotopic (exact) mass is 114 g/mol. The molecule has 2 fully saturated rings. The van der Waals surface area contributed by atoms with Crippen molar-refractivity contribution in [1.29, 1.82) is 0 Å². The minimum Gasteiger partial charge on any atom is -0.353 e. The third-order valence-electron chi connectivity index (χ3n) is 1.87. The van der Waals surface area contributed by atoms with Crippen LogP contribution in [-0.2, 0) is 9.47 Å². The molecular weight excluding hydrogens is 104 g/mol. The fourth-order valence-electron chi connectivity index (χ4n) is 1.34. The molecule has 0 N–H and O–H groups in total. The lowest BCUT2D eigenvalue weighted by Crippen LogP contribution is -2.17. The van der Waals surface area contributed by atoms with E-state index in [1.54, 1.807) is 0 Å². The largest absolute Gasteiger partial charge is 0.353 e. The van der Waals surface area contributed by atoms with Gasteiger partial charge in [0.15, 0.2) is 6.29 Å².